The van der Waals surface area contributed by atoms with Crippen molar-refractivity contribution in [2.24, 2.45) is 5.41 Å². The summed E-state index contributed by atoms with van der Waals surface area (Å²) in [5, 5.41) is 10.8. The first-order valence-corrected chi connectivity index (χ1v) is 6.59. The third-order valence-corrected chi connectivity index (χ3v) is 3.14. The second-order valence-corrected chi connectivity index (χ2v) is 6.26. The fraction of sp³-hybridized carbons (Fsp3) is 0.538. The first kappa shape index (κ1) is 15.1. The highest BCUT2D eigenvalue weighted by molar-refractivity contribution is 9.10. The van der Waals surface area contributed by atoms with E-state index >= 15 is 0 Å². The molecular weight excluding hydrogens is 298 g/mol. The number of ether oxygens (including phenoxy) is 1. The molecule has 5 heteroatoms. The predicted molar refractivity (Wildman–Crippen MR) is 74.5 cm³/mol. The Labute approximate surface area is 116 Å². The molecule has 4 nitrogen and oxygen atoms in total. The van der Waals surface area contributed by atoms with Crippen LogP contribution in [0.15, 0.2) is 22.7 Å². The van der Waals surface area contributed by atoms with Crippen LogP contribution in [0.1, 0.15) is 32.8 Å². The van der Waals surface area contributed by atoms with Crippen LogP contribution in [0.25, 0.3) is 0 Å². The monoisotopic (exact) mass is 315 g/mol. The number of halogens is 1. The molecule has 0 amide bonds. The van der Waals surface area contributed by atoms with Crippen LogP contribution in [0.2, 0.25) is 0 Å². The second kappa shape index (κ2) is 6.29. The molecule has 0 heterocycles. The van der Waals surface area contributed by atoms with Crippen LogP contribution in [-0.4, -0.2) is 11.5 Å². The van der Waals surface area contributed by atoms with Crippen molar-refractivity contribution in [3.8, 4) is 0 Å². The molecule has 0 spiro atoms. The summed E-state index contributed by atoms with van der Waals surface area (Å²) in [5.74, 6) is 0. The molecule has 0 atom stereocenters. The normalized spacial score (nSPS) is 11.6. The van der Waals surface area contributed by atoms with Crippen LogP contribution in [0.5, 0.6) is 0 Å². The molecule has 0 radical (unpaired) electrons. The van der Waals surface area contributed by atoms with E-state index in [2.05, 4.69) is 36.7 Å². The van der Waals surface area contributed by atoms with Gasteiger partial charge in [-0.25, -0.2) is 0 Å². The van der Waals surface area contributed by atoms with Crippen LogP contribution >= 0.6 is 15.9 Å². The van der Waals surface area contributed by atoms with Crippen molar-refractivity contribution >= 4 is 21.6 Å². The van der Waals surface area contributed by atoms with Crippen LogP contribution < -0.4 is 0 Å². The van der Waals surface area contributed by atoms with E-state index in [1.165, 1.54) is 0 Å². The maximum absolute atomic E-state index is 10.8. The highest BCUT2D eigenvalue weighted by atomic mass is 79.9. The van der Waals surface area contributed by atoms with Crippen molar-refractivity contribution < 1.29 is 9.66 Å². The molecule has 0 aromatic heterocycles. The van der Waals surface area contributed by atoms with Crippen LogP contribution in [0.3, 0.4) is 0 Å². The number of nitro groups is 1. The van der Waals surface area contributed by atoms with Gasteiger partial charge in [0.05, 0.1) is 16.0 Å². The Balaban J connectivity index is 2.53. The molecule has 0 bridgehead atoms. The van der Waals surface area contributed by atoms with Gasteiger partial charge in [-0.05, 0) is 39.4 Å². The van der Waals surface area contributed by atoms with Crippen molar-refractivity contribution in [1.29, 1.82) is 0 Å². The zero-order valence-electron chi connectivity index (χ0n) is 10.9. The third-order valence-electron chi connectivity index (χ3n) is 2.47. The van der Waals surface area contributed by atoms with Crippen molar-refractivity contribution in [2.75, 3.05) is 6.61 Å². The molecular formula is C13H18BrNO3. The van der Waals surface area contributed by atoms with Crippen molar-refractivity contribution in [1.82, 2.24) is 0 Å². The smallest absolute Gasteiger partial charge is 0.283 e. The quantitative estimate of drug-likeness (QED) is 0.462. The number of hydrogen-bond acceptors (Lipinski definition) is 3. The van der Waals surface area contributed by atoms with Crippen molar-refractivity contribution in [3.63, 3.8) is 0 Å². The summed E-state index contributed by atoms with van der Waals surface area (Å²) in [6, 6.07) is 5.05. The summed E-state index contributed by atoms with van der Waals surface area (Å²) in [5.41, 5.74) is 1.14. The maximum atomic E-state index is 10.8. The van der Waals surface area contributed by atoms with Gasteiger partial charge in [0.25, 0.3) is 5.69 Å². The van der Waals surface area contributed by atoms with E-state index in [0.717, 1.165) is 12.0 Å². The standard InChI is InChI=1S/C13H18BrNO3/c1-13(2,3)6-7-18-9-10-4-5-11(14)12(8-10)15(16)17/h4-5,8H,6-7,9H2,1-3H3. The average Bonchev–Trinajstić information content (AvgIpc) is 2.24. The number of benzene rings is 1. The van der Waals surface area contributed by atoms with Gasteiger partial charge in [-0.15, -0.1) is 0 Å². The molecule has 0 unspecified atom stereocenters. The highest BCUT2D eigenvalue weighted by Gasteiger charge is 2.13. The number of rotatable bonds is 5. The van der Waals surface area contributed by atoms with E-state index in [0.29, 0.717) is 17.7 Å². The molecule has 0 fully saturated rings. The van der Waals surface area contributed by atoms with E-state index in [-0.39, 0.29) is 11.1 Å². The lowest BCUT2D eigenvalue weighted by Crippen LogP contribution is -2.09. The molecule has 0 N–H and O–H groups in total. The summed E-state index contributed by atoms with van der Waals surface area (Å²) in [6.07, 6.45) is 0.964. The Kier molecular flexibility index (Phi) is 5.28. The molecule has 18 heavy (non-hydrogen) atoms. The Hall–Kier alpha value is -0.940. The van der Waals surface area contributed by atoms with E-state index in [4.69, 9.17) is 4.74 Å². The molecule has 0 saturated heterocycles. The van der Waals surface area contributed by atoms with E-state index in [1.54, 1.807) is 12.1 Å². The van der Waals surface area contributed by atoms with Gasteiger partial charge in [0.2, 0.25) is 0 Å². The van der Waals surface area contributed by atoms with Gasteiger partial charge in [-0.2, -0.15) is 0 Å². The van der Waals surface area contributed by atoms with Gasteiger partial charge >= 0.3 is 0 Å². The lowest BCUT2D eigenvalue weighted by atomic mass is 9.93. The van der Waals surface area contributed by atoms with Gasteiger partial charge in [0.15, 0.2) is 0 Å². The number of nitrogens with zero attached hydrogens (tertiary/aromatic N) is 1. The van der Waals surface area contributed by atoms with Crippen LogP contribution in [0, 0.1) is 15.5 Å². The third kappa shape index (κ3) is 5.14. The molecule has 0 aliphatic heterocycles. The van der Waals surface area contributed by atoms with E-state index in [1.807, 2.05) is 6.07 Å². The highest BCUT2D eigenvalue weighted by Crippen LogP contribution is 2.26. The Morgan fingerprint density at radius 2 is 2.06 bits per heavy atom. The summed E-state index contributed by atoms with van der Waals surface area (Å²) in [6.45, 7) is 7.53. The Morgan fingerprint density at radius 1 is 1.39 bits per heavy atom. The van der Waals surface area contributed by atoms with Crippen molar-refractivity contribution in [3.05, 3.63) is 38.3 Å². The minimum atomic E-state index is -0.400. The van der Waals surface area contributed by atoms with Gasteiger partial charge in [0.1, 0.15) is 0 Å². The summed E-state index contributed by atoms with van der Waals surface area (Å²) in [7, 11) is 0. The first-order chi connectivity index (χ1) is 8.29. The van der Waals surface area contributed by atoms with Gasteiger partial charge < -0.3 is 4.74 Å². The van der Waals surface area contributed by atoms with Crippen LogP contribution in [0.4, 0.5) is 5.69 Å². The summed E-state index contributed by atoms with van der Waals surface area (Å²) >= 11 is 3.16. The molecule has 100 valence electrons. The van der Waals surface area contributed by atoms with E-state index in [9.17, 15) is 10.1 Å². The molecule has 1 aromatic carbocycles. The molecule has 0 aliphatic carbocycles. The van der Waals surface area contributed by atoms with Gasteiger partial charge in [-0.1, -0.05) is 26.8 Å². The second-order valence-electron chi connectivity index (χ2n) is 5.41. The topological polar surface area (TPSA) is 52.4 Å². The first-order valence-electron chi connectivity index (χ1n) is 5.80. The zero-order valence-corrected chi connectivity index (χ0v) is 12.5. The van der Waals surface area contributed by atoms with Crippen LogP contribution in [-0.2, 0) is 11.3 Å². The van der Waals surface area contributed by atoms with Gasteiger partial charge in [0, 0.05) is 12.7 Å². The number of nitro benzene ring substituents is 1. The minimum absolute atomic E-state index is 0.0759. The largest absolute Gasteiger partial charge is 0.377 e. The fourth-order valence-electron chi connectivity index (χ4n) is 1.36. The Bertz CT molecular complexity index is 427. The lowest BCUT2D eigenvalue weighted by molar-refractivity contribution is -0.385. The van der Waals surface area contributed by atoms with Crippen molar-refractivity contribution in [2.45, 2.75) is 33.8 Å². The van der Waals surface area contributed by atoms with Gasteiger partial charge in [-0.3, -0.25) is 10.1 Å². The maximum Gasteiger partial charge on any atom is 0.283 e. The Morgan fingerprint density at radius 3 is 2.61 bits per heavy atom. The SMILES string of the molecule is CC(C)(C)CCOCc1ccc(Br)c([N+](=O)[O-])c1. The van der Waals surface area contributed by atoms with E-state index < -0.39 is 4.92 Å². The number of hydrogen-bond donors (Lipinski definition) is 0. The fourth-order valence-corrected chi connectivity index (χ4v) is 1.75. The predicted octanol–water partition coefficient (Wildman–Crippen LogP) is 4.31. The lowest BCUT2D eigenvalue weighted by Gasteiger charge is -2.17. The molecule has 1 rings (SSSR count). The molecule has 0 aliphatic rings. The average molecular weight is 316 g/mol. The minimum Gasteiger partial charge on any atom is -0.377 e. The molecule has 0 saturated carbocycles. The summed E-state index contributed by atoms with van der Waals surface area (Å²) < 4.78 is 6.02. The summed E-state index contributed by atoms with van der Waals surface area (Å²) in [4.78, 5) is 10.4. The zero-order chi connectivity index (χ0) is 13.8. The molecule has 1 aromatic rings.